The number of benzene rings is 2. The number of piperazine rings is 1. The summed E-state index contributed by atoms with van der Waals surface area (Å²) >= 11 is 0. The van der Waals surface area contributed by atoms with E-state index in [0.29, 0.717) is 18.7 Å². The number of likely N-dealkylation sites (N-methyl/N-ethyl adjacent to an activating group) is 1. The Kier molecular flexibility index (Phi) is 6.55. The number of nitrogens with zero attached hydrogens (tertiary/aromatic N) is 3. The van der Waals surface area contributed by atoms with Gasteiger partial charge >= 0.3 is 0 Å². The topological polar surface area (TPSA) is 82.5 Å². The van der Waals surface area contributed by atoms with E-state index in [1.54, 1.807) is 12.1 Å². The molecule has 32 heavy (non-hydrogen) atoms. The second kappa shape index (κ2) is 9.53. The van der Waals surface area contributed by atoms with Crippen molar-refractivity contribution in [1.29, 1.82) is 0 Å². The van der Waals surface area contributed by atoms with Crippen LogP contribution in [0.3, 0.4) is 0 Å². The molecule has 1 amide bonds. The van der Waals surface area contributed by atoms with Gasteiger partial charge in [-0.25, -0.2) is 0 Å². The number of nitro groups is 1. The molecule has 0 aliphatic carbocycles. The van der Waals surface area contributed by atoms with Crippen molar-refractivity contribution in [2.75, 3.05) is 32.7 Å². The van der Waals surface area contributed by atoms with Crippen LogP contribution < -0.4 is 0 Å². The van der Waals surface area contributed by atoms with E-state index < -0.39 is 5.92 Å². The number of hydrogen-bond acceptors (Lipinski definition) is 4. The van der Waals surface area contributed by atoms with Crippen molar-refractivity contribution in [3.8, 4) is 0 Å². The molecular formula is C25H30N4O3. The van der Waals surface area contributed by atoms with Crippen LogP contribution in [0.15, 0.2) is 48.7 Å². The summed E-state index contributed by atoms with van der Waals surface area (Å²) in [4.78, 5) is 32.4. The molecule has 1 fully saturated rings. The number of H-pyrrole nitrogens is 1. The predicted octanol–water partition coefficient (Wildman–Crippen LogP) is 4.32. The Morgan fingerprint density at radius 1 is 1.06 bits per heavy atom. The molecule has 0 spiro atoms. The molecule has 1 saturated heterocycles. The molecule has 2 aromatic carbocycles. The van der Waals surface area contributed by atoms with Crippen LogP contribution in [0.2, 0.25) is 0 Å². The summed E-state index contributed by atoms with van der Waals surface area (Å²) in [6, 6.07) is 12.9. The lowest BCUT2D eigenvalue weighted by atomic mass is 9.86. The second-order valence-corrected chi connectivity index (χ2v) is 8.32. The smallest absolute Gasteiger partial charge is 0.273 e. The van der Waals surface area contributed by atoms with Crippen molar-refractivity contribution in [1.82, 2.24) is 14.8 Å². The molecule has 0 radical (unpaired) electrons. The number of carbonyl (C=O) groups is 1. The minimum Gasteiger partial charge on any atom is -0.361 e. The number of fused-ring (bicyclic) bond motifs is 1. The molecule has 0 saturated carbocycles. The lowest BCUT2D eigenvalue weighted by molar-refractivity contribution is -0.385. The number of aromatic nitrogens is 1. The third-order valence-corrected chi connectivity index (χ3v) is 6.65. The first-order valence-electron chi connectivity index (χ1n) is 11.4. The summed E-state index contributed by atoms with van der Waals surface area (Å²) < 4.78 is 0. The zero-order valence-corrected chi connectivity index (χ0v) is 18.7. The summed E-state index contributed by atoms with van der Waals surface area (Å²) in [6.07, 6.45) is 3.02. The molecule has 1 unspecified atom stereocenters. The Balaban J connectivity index is 1.74. The van der Waals surface area contributed by atoms with E-state index >= 15 is 0 Å². The van der Waals surface area contributed by atoms with Gasteiger partial charge in [0.15, 0.2) is 0 Å². The molecule has 0 bridgehead atoms. The van der Waals surface area contributed by atoms with Crippen molar-refractivity contribution in [2.45, 2.75) is 32.6 Å². The van der Waals surface area contributed by atoms with Crippen molar-refractivity contribution in [2.24, 2.45) is 0 Å². The predicted molar refractivity (Wildman–Crippen MR) is 126 cm³/mol. The summed E-state index contributed by atoms with van der Waals surface area (Å²) in [5, 5.41) is 12.8. The average Bonchev–Trinajstić information content (AvgIpc) is 3.26. The second-order valence-electron chi connectivity index (χ2n) is 8.32. The summed E-state index contributed by atoms with van der Waals surface area (Å²) in [5.41, 5.74) is 3.81. The van der Waals surface area contributed by atoms with E-state index in [1.165, 1.54) is 11.6 Å². The first-order valence-corrected chi connectivity index (χ1v) is 11.4. The number of nitro benzene ring substituents is 1. The van der Waals surface area contributed by atoms with Gasteiger partial charge in [0.2, 0.25) is 5.91 Å². The van der Waals surface area contributed by atoms with Gasteiger partial charge in [0, 0.05) is 67.2 Å². The monoisotopic (exact) mass is 434 g/mol. The van der Waals surface area contributed by atoms with Crippen LogP contribution in [0.1, 0.15) is 42.9 Å². The largest absolute Gasteiger partial charge is 0.361 e. The zero-order chi connectivity index (χ0) is 22.7. The Morgan fingerprint density at radius 3 is 2.50 bits per heavy atom. The first-order chi connectivity index (χ1) is 15.5. The summed E-state index contributed by atoms with van der Waals surface area (Å²) in [7, 11) is 0. The third kappa shape index (κ3) is 4.25. The highest BCUT2D eigenvalue weighted by Crippen LogP contribution is 2.38. The number of amides is 1. The number of rotatable bonds is 7. The number of carbonyl (C=O) groups excluding carboxylic acids is 1. The minimum absolute atomic E-state index is 0.0462. The van der Waals surface area contributed by atoms with Crippen LogP contribution in [-0.2, 0) is 11.2 Å². The van der Waals surface area contributed by atoms with Gasteiger partial charge in [-0.05, 0) is 24.1 Å². The Labute approximate surface area is 188 Å². The van der Waals surface area contributed by atoms with E-state index in [0.717, 1.165) is 42.5 Å². The maximum absolute atomic E-state index is 13.3. The fourth-order valence-corrected chi connectivity index (χ4v) is 4.77. The number of para-hydroxylation sites is 2. The van der Waals surface area contributed by atoms with Crippen molar-refractivity contribution < 1.29 is 9.72 Å². The van der Waals surface area contributed by atoms with Gasteiger partial charge in [0.25, 0.3) is 5.69 Å². The quantitative estimate of drug-likeness (QED) is 0.443. The fraction of sp³-hybridized carbons (Fsp3) is 0.400. The van der Waals surface area contributed by atoms with Crippen molar-refractivity contribution in [3.05, 3.63) is 75.5 Å². The van der Waals surface area contributed by atoms with Crippen LogP contribution in [0.25, 0.3) is 10.9 Å². The number of aromatic amines is 1. The van der Waals surface area contributed by atoms with Crippen LogP contribution >= 0.6 is 0 Å². The highest BCUT2D eigenvalue weighted by Gasteiger charge is 2.30. The molecule has 168 valence electrons. The van der Waals surface area contributed by atoms with Gasteiger partial charge in [-0.3, -0.25) is 14.9 Å². The molecule has 7 heteroatoms. The maximum atomic E-state index is 13.3. The van der Waals surface area contributed by atoms with Gasteiger partial charge in [-0.1, -0.05) is 50.2 Å². The Hall–Kier alpha value is -3.19. The number of nitrogens with one attached hydrogen (secondary N) is 1. The van der Waals surface area contributed by atoms with Crippen LogP contribution in [-0.4, -0.2) is 58.3 Å². The lowest BCUT2D eigenvalue weighted by Gasteiger charge is -2.34. The van der Waals surface area contributed by atoms with Crippen LogP contribution in [0, 0.1) is 10.1 Å². The van der Waals surface area contributed by atoms with E-state index in [9.17, 15) is 14.9 Å². The molecule has 1 aliphatic heterocycles. The molecule has 1 N–H and O–H groups in total. The first kappa shape index (κ1) is 22.0. The highest BCUT2D eigenvalue weighted by molar-refractivity contribution is 5.88. The Bertz CT molecular complexity index is 1120. The van der Waals surface area contributed by atoms with Gasteiger partial charge in [0.05, 0.1) is 4.92 Å². The maximum Gasteiger partial charge on any atom is 0.273 e. The van der Waals surface area contributed by atoms with Gasteiger partial charge in [0.1, 0.15) is 0 Å². The van der Waals surface area contributed by atoms with E-state index in [2.05, 4.69) is 29.8 Å². The van der Waals surface area contributed by atoms with Crippen molar-refractivity contribution in [3.63, 3.8) is 0 Å². The third-order valence-electron chi connectivity index (χ3n) is 6.65. The molecule has 3 aromatic rings. The highest BCUT2D eigenvalue weighted by atomic mass is 16.6. The van der Waals surface area contributed by atoms with E-state index in [-0.39, 0.29) is 22.9 Å². The van der Waals surface area contributed by atoms with E-state index in [4.69, 9.17) is 0 Å². The molecule has 1 atom stereocenters. The summed E-state index contributed by atoms with van der Waals surface area (Å²) in [5.74, 6) is -0.348. The minimum atomic E-state index is -0.394. The molecule has 4 rings (SSSR count). The van der Waals surface area contributed by atoms with Crippen LogP contribution in [0.5, 0.6) is 0 Å². The lowest BCUT2D eigenvalue weighted by Crippen LogP contribution is -2.48. The summed E-state index contributed by atoms with van der Waals surface area (Å²) in [6.45, 7) is 8.35. The number of hydrogen-bond donors (Lipinski definition) is 1. The molecular weight excluding hydrogens is 404 g/mol. The number of aryl methyl sites for hydroxylation is 1. The van der Waals surface area contributed by atoms with Gasteiger partial charge < -0.3 is 14.8 Å². The normalized spacial score (nSPS) is 15.8. The average molecular weight is 435 g/mol. The standard InChI is InChI=1S/C25H30N4O3/c1-3-18-8-7-10-20-22(17-26-25(18)20)21(19-9-5-6-11-23(19)29(31)32)16-24(30)28-14-12-27(4-2)13-15-28/h5-11,17,21,26H,3-4,12-16H2,1-2H3. The molecule has 1 aromatic heterocycles. The van der Waals surface area contributed by atoms with Gasteiger partial charge in [-0.2, -0.15) is 0 Å². The zero-order valence-electron chi connectivity index (χ0n) is 18.7. The van der Waals surface area contributed by atoms with Crippen molar-refractivity contribution >= 4 is 22.5 Å². The fourth-order valence-electron chi connectivity index (χ4n) is 4.77. The van der Waals surface area contributed by atoms with Gasteiger partial charge in [-0.15, -0.1) is 0 Å². The molecule has 1 aliphatic rings. The molecule has 2 heterocycles. The Morgan fingerprint density at radius 2 is 1.81 bits per heavy atom. The molecule has 7 nitrogen and oxygen atoms in total. The van der Waals surface area contributed by atoms with Crippen LogP contribution in [0.4, 0.5) is 5.69 Å². The van der Waals surface area contributed by atoms with E-state index in [1.807, 2.05) is 29.3 Å². The SMILES string of the molecule is CCc1cccc2c(C(CC(=O)N3CCN(CC)CC3)c3ccccc3[N+](=O)[O-])c[nH]c12.